The fourth-order valence-corrected chi connectivity index (χ4v) is 3.80. The maximum Gasteiger partial charge on any atom is 0.354 e. The van der Waals surface area contributed by atoms with Gasteiger partial charge in [-0.1, -0.05) is 29.3 Å². The maximum absolute atomic E-state index is 11.3. The zero-order valence-electron chi connectivity index (χ0n) is 15.1. The van der Waals surface area contributed by atoms with Crippen LogP contribution in [0, 0.1) is 12.8 Å². The summed E-state index contributed by atoms with van der Waals surface area (Å²) in [5, 5.41) is 18.0. The van der Waals surface area contributed by atoms with Gasteiger partial charge in [0.15, 0.2) is 0 Å². The number of ether oxygens (including phenoxy) is 1. The van der Waals surface area contributed by atoms with Crippen molar-refractivity contribution >= 4 is 29.2 Å². The number of hydrogen-bond donors (Lipinski definition) is 2. The molecule has 0 unspecified atom stereocenters. The van der Waals surface area contributed by atoms with Crippen molar-refractivity contribution in [2.24, 2.45) is 5.92 Å². The predicted octanol–water partition coefficient (Wildman–Crippen LogP) is 3.95. The van der Waals surface area contributed by atoms with Crippen LogP contribution in [0.4, 0.5) is 0 Å². The molecule has 1 fully saturated rings. The van der Waals surface area contributed by atoms with Crippen LogP contribution in [-0.4, -0.2) is 40.6 Å². The Balaban J connectivity index is 1.69. The molecule has 6 nitrogen and oxygen atoms in total. The van der Waals surface area contributed by atoms with Crippen LogP contribution >= 0.6 is 23.2 Å². The highest BCUT2D eigenvalue weighted by Crippen LogP contribution is 2.34. The summed E-state index contributed by atoms with van der Waals surface area (Å²) < 4.78 is 7.65. The summed E-state index contributed by atoms with van der Waals surface area (Å²) in [6.45, 7) is 4.61. The van der Waals surface area contributed by atoms with Gasteiger partial charge in [0.05, 0.1) is 28.5 Å². The van der Waals surface area contributed by atoms with Crippen LogP contribution in [-0.2, 0) is 11.3 Å². The van der Waals surface area contributed by atoms with E-state index in [1.807, 2.05) is 12.1 Å². The minimum Gasteiger partial charge on any atom is -0.477 e. The van der Waals surface area contributed by atoms with Crippen LogP contribution in [0.15, 0.2) is 24.3 Å². The molecule has 1 aromatic heterocycles. The van der Waals surface area contributed by atoms with Gasteiger partial charge in [0.2, 0.25) is 0 Å². The second-order valence-corrected chi connectivity index (χ2v) is 7.59. The molecule has 0 radical (unpaired) electrons. The predicted molar refractivity (Wildman–Crippen MR) is 105 cm³/mol. The lowest BCUT2D eigenvalue weighted by molar-refractivity contribution is 0.0270. The van der Waals surface area contributed by atoms with Gasteiger partial charge in [0, 0.05) is 25.6 Å². The van der Waals surface area contributed by atoms with E-state index in [2.05, 4.69) is 10.4 Å². The average molecular weight is 412 g/mol. The monoisotopic (exact) mass is 411 g/mol. The highest BCUT2D eigenvalue weighted by Gasteiger charge is 2.26. The minimum absolute atomic E-state index is 0.0759. The summed E-state index contributed by atoms with van der Waals surface area (Å²) in [6, 6.07) is 7.21. The van der Waals surface area contributed by atoms with Crippen LogP contribution < -0.4 is 5.32 Å². The van der Waals surface area contributed by atoms with E-state index in [0.29, 0.717) is 28.9 Å². The molecule has 3 rings (SSSR count). The molecule has 146 valence electrons. The van der Waals surface area contributed by atoms with E-state index >= 15 is 0 Å². The molecule has 2 heterocycles. The first kappa shape index (κ1) is 20.1. The number of aryl methyl sites for hydroxylation is 2. The van der Waals surface area contributed by atoms with E-state index in [9.17, 15) is 9.90 Å². The fraction of sp³-hybridized carbons (Fsp3) is 0.474. The number of nitrogens with zero attached hydrogens (tertiary/aromatic N) is 2. The zero-order chi connectivity index (χ0) is 19.4. The standard InChI is InChI=1S/C19H23Cl2N3O3/c1-12-9-17(19(25)26)24(23-12)7-2-3-14-11-22-6-8-27-18(14)13-4-5-15(20)16(21)10-13/h4-5,9-10,14,18,22H,2-3,6-8,11H2,1H3,(H,25,26)/t14-,18+/m1/s1. The molecular formula is C19H23Cl2N3O3. The number of benzene rings is 1. The third-order valence-corrected chi connectivity index (χ3v) is 5.49. The molecule has 0 spiro atoms. The molecule has 0 amide bonds. The molecule has 1 aliphatic rings. The molecule has 1 aliphatic heterocycles. The molecule has 8 heteroatoms. The van der Waals surface area contributed by atoms with Crippen LogP contribution in [0.2, 0.25) is 10.0 Å². The Bertz CT molecular complexity index is 809. The van der Waals surface area contributed by atoms with Crippen molar-refractivity contribution in [2.45, 2.75) is 32.4 Å². The zero-order valence-corrected chi connectivity index (χ0v) is 16.6. The molecule has 0 bridgehead atoms. The molecule has 0 saturated carbocycles. The van der Waals surface area contributed by atoms with E-state index in [4.69, 9.17) is 27.9 Å². The van der Waals surface area contributed by atoms with E-state index < -0.39 is 5.97 Å². The molecule has 2 atom stereocenters. The van der Waals surface area contributed by atoms with E-state index in [-0.39, 0.29) is 17.7 Å². The summed E-state index contributed by atoms with van der Waals surface area (Å²) in [5.74, 6) is -0.710. The van der Waals surface area contributed by atoms with Gasteiger partial charge in [0.25, 0.3) is 0 Å². The van der Waals surface area contributed by atoms with Crippen molar-refractivity contribution in [1.29, 1.82) is 0 Å². The number of nitrogens with one attached hydrogen (secondary N) is 1. The second-order valence-electron chi connectivity index (χ2n) is 6.77. The number of halogens is 2. The van der Waals surface area contributed by atoms with E-state index in [1.54, 1.807) is 23.7 Å². The Morgan fingerprint density at radius 3 is 2.93 bits per heavy atom. The van der Waals surface area contributed by atoms with Crippen molar-refractivity contribution in [2.75, 3.05) is 19.7 Å². The first-order valence-corrected chi connectivity index (χ1v) is 9.76. The average Bonchev–Trinajstić information content (AvgIpc) is 2.85. The Hall–Kier alpha value is -1.60. The van der Waals surface area contributed by atoms with Crippen LogP contribution in [0.1, 0.15) is 40.7 Å². The van der Waals surface area contributed by atoms with Gasteiger partial charge in [-0.3, -0.25) is 4.68 Å². The van der Waals surface area contributed by atoms with Crippen molar-refractivity contribution < 1.29 is 14.6 Å². The Morgan fingerprint density at radius 1 is 1.37 bits per heavy atom. The lowest BCUT2D eigenvalue weighted by atomic mass is 9.91. The highest BCUT2D eigenvalue weighted by molar-refractivity contribution is 6.42. The Labute approximate surface area is 168 Å². The summed E-state index contributed by atoms with van der Waals surface area (Å²) >= 11 is 12.2. The Kier molecular flexibility index (Phi) is 6.76. The maximum atomic E-state index is 11.3. The number of aromatic carboxylic acids is 1. The van der Waals surface area contributed by atoms with Crippen molar-refractivity contribution in [3.63, 3.8) is 0 Å². The summed E-state index contributed by atoms with van der Waals surface area (Å²) in [6.07, 6.45) is 1.60. The normalized spacial score (nSPS) is 20.4. The van der Waals surface area contributed by atoms with Gasteiger partial charge in [-0.25, -0.2) is 4.79 Å². The first-order valence-electron chi connectivity index (χ1n) is 9.00. The van der Waals surface area contributed by atoms with Gasteiger partial charge < -0.3 is 15.2 Å². The number of hydrogen-bond acceptors (Lipinski definition) is 4. The molecule has 2 aromatic rings. The molecular weight excluding hydrogens is 389 g/mol. The van der Waals surface area contributed by atoms with Gasteiger partial charge in [-0.05, 0) is 43.5 Å². The Morgan fingerprint density at radius 2 is 2.19 bits per heavy atom. The number of rotatable bonds is 6. The van der Waals surface area contributed by atoms with Gasteiger partial charge in [-0.2, -0.15) is 5.10 Å². The van der Waals surface area contributed by atoms with Crippen molar-refractivity contribution in [3.05, 3.63) is 51.3 Å². The lowest BCUT2D eigenvalue weighted by Gasteiger charge is -2.25. The molecule has 1 aromatic carbocycles. The molecule has 27 heavy (non-hydrogen) atoms. The largest absolute Gasteiger partial charge is 0.477 e. The highest BCUT2D eigenvalue weighted by atomic mass is 35.5. The summed E-state index contributed by atoms with van der Waals surface area (Å²) in [5.41, 5.74) is 1.95. The third kappa shape index (κ3) is 5.02. The van der Waals surface area contributed by atoms with Crippen molar-refractivity contribution in [3.8, 4) is 0 Å². The molecule has 2 N–H and O–H groups in total. The molecule has 0 aliphatic carbocycles. The van der Waals surface area contributed by atoms with Gasteiger partial charge in [0.1, 0.15) is 5.69 Å². The van der Waals surface area contributed by atoms with Gasteiger partial charge in [-0.15, -0.1) is 0 Å². The van der Waals surface area contributed by atoms with Crippen LogP contribution in [0.5, 0.6) is 0 Å². The minimum atomic E-state index is -0.955. The van der Waals surface area contributed by atoms with Crippen LogP contribution in [0.3, 0.4) is 0 Å². The number of aromatic nitrogens is 2. The number of carbonyl (C=O) groups is 1. The van der Waals surface area contributed by atoms with E-state index in [1.165, 1.54) is 0 Å². The number of carboxylic acid groups (broad SMARTS) is 1. The fourth-order valence-electron chi connectivity index (χ4n) is 3.49. The van der Waals surface area contributed by atoms with Crippen molar-refractivity contribution in [1.82, 2.24) is 15.1 Å². The first-order chi connectivity index (χ1) is 13.0. The lowest BCUT2D eigenvalue weighted by Crippen LogP contribution is -2.25. The smallest absolute Gasteiger partial charge is 0.354 e. The quantitative estimate of drug-likeness (QED) is 0.752. The van der Waals surface area contributed by atoms with Crippen LogP contribution in [0.25, 0.3) is 0 Å². The number of carboxylic acids is 1. The summed E-state index contributed by atoms with van der Waals surface area (Å²) in [4.78, 5) is 11.3. The van der Waals surface area contributed by atoms with Gasteiger partial charge >= 0.3 is 5.97 Å². The topological polar surface area (TPSA) is 76.4 Å². The SMILES string of the molecule is Cc1cc(C(=O)O)n(CCC[C@@H]2CNCCO[C@H]2c2ccc(Cl)c(Cl)c2)n1. The third-order valence-electron chi connectivity index (χ3n) is 4.75. The molecule has 1 saturated heterocycles. The second kappa shape index (κ2) is 9.06. The van der Waals surface area contributed by atoms with E-state index in [0.717, 1.165) is 31.5 Å². The summed E-state index contributed by atoms with van der Waals surface area (Å²) in [7, 11) is 0.